The Hall–Kier alpha value is -2.86. The van der Waals surface area contributed by atoms with Crippen LogP contribution in [0, 0.1) is 0 Å². The van der Waals surface area contributed by atoms with E-state index in [1.807, 2.05) is 48.2 Å². The second-order valence-corrected chi connectivity index (χ2v) is 7.99. The average molecular weight is 410 g/mol. The number of halogens is 2. The van der Waals surface area contributed by atoms with Crippen molar-refractivity contribution in [2.75, 3.05) is 10.2 Å². The highest BCUT2D eigenvalue weighted by atomic mass is 32.2. The molecular weight excluding hydrogens is 390 g/mol. The molecule has 3 aromatic carbocycles. The lowest BCUT2D eigenvalue weighted by atomic mass is 10.1. The quantitative estimate of drug-likeness (QED) is 0.499. The van der Waals surface area contributed by atoms with Crippen LogP contribution in [0.25, 0.3) is 0 Å². The fourth-order valence-electron chi connectivity index (χ4n) is 3.66. The van der Waals surface area contributed by atoms with Crippen LogP contribution in [-0.2, 0) is 6.42 Å². The summed E-state index contributed by atoms with van der Waals surface area (Å²) in [7, 11) is 0. The molecule has 148 valence electrons. The SMILES string of the molecule is CC1Cc2ccccc2N1C(=O)c1ccccc1Nc1ccc(SC(F)F)cc1. The topological polar surface area (TPSA) is 32.3 Å². The zero-order chi connectivity index (χ0) is 20.4. The molecule has 0 radical (unpaired) electrons. The Morgan fingerprint density at radius 3 is 2.48 bits per heavy atom. The van der Waals surface area contributed by atoms with E-state index in [0.717, 1.165) is 17.8 Å². The summed E-state index contributed by atoms with van der Waals surface area (Å²) in [6.45, 7) is 2.05. The van der Waals surface area contributed by atoms with Gasteiger partial charge in [-0.3, -0.25) is 4.79 Å². The summed E-state index contributed by atoms with van der Waals surface area (Å²) in [4.78, 5) is 15.7. The van der Waals surface area contributed by atoms with Crippen molar-refractivity contribution in [1.29, 1.82) is 0 Å². The zero-order valence-electron chi connectivity index (χ0n) is 15.8. The van der Waals surface area contributed by atoms with Crippen LogP contribution in [0.4, 0.5) is 25.8 Å². The molecule has 0 spiro atoms. The summed E-state index contributed by atoms with van der Waals surface area (Å²) < 4.78 is 25.0. The number of benzene rings is 3. The van der Waals surface area contributed by atoms with Crippen LogP contribution in [0.2, 0.25) is 0 Å². The molecule has 1 heterocycles. The smallest absolute Gasteiger partial charge is 0.288 e. The first-order valence-electron chi connectivity index (χ1n) is 9.35. The van der Waals surface area contributed by atoms with Crippen LogP contribution in [0.3, 0.4) is 0 Å². The number of anilines is 3. The molecule has 0 aliphatic carbocycles. The van der Waals surface area contributed by atoms with Gasteiger partial charge in [0, 0.05) is 22.3 Å². The van der Waals surface area contributed by atoms with Crippen molar-refractivity contribution in [2.24, 2.45) is 0 Å². The van der Waals surface area contributed by atoms with E-state index in [2.05, 4.69) is 11.4 Å². The number of rotatable bonds is 5. The molecule has 1 aliphatic heterocycles. The Morgan fingerprint density at radius 1 is 1.03 bits per heavy atom. The second kappa shape index (κ2) is 8.25. The maximum atomic E-state index is 13.4. The number of hydrogen-bond donors (Lipinski definition) is 1. The van der Waals surface area contributed by atoms with E-state index in [-0.39, 0.29) is 11.9 Å². The highest BCUT2D eigenvalue weighted by Crippen LogP contribution is 2.35. The maximum absolute atomic E-state index is 13.4. The van der Waals surface area contributed by atoms with E-state index < -0.39 is 5.76 Å². The number of fused-ring (bicyclic) bond motifs is 1. The molecule has 1 amide bonds. The third-order valence-electron chi connectivity index (χ3n) is 4.94. The Bertz CT molecular complexity index is 1020. The molecule has 0 saturated carbocycles. The van der Waals surface area contributed by atoms with Gasteiger partial charge in [0.1, 0.15) is 0 Å². The lowest BCUT2D eigenvalue weighted by Gasteiger charge is -2.24. The number of alkyl halides is 2. The number of carbonyl (C=O) groups is 1. The monoisotopic (exact) mass is 410 g/mol. The number of amides is 1. The summed E-state index contributed by atoms with van der Waals surface area (Å²) >= 11 is 0.510. The standard InChI is InChI=1S/C23H20F2N2OS/c1-15-14-16-6-2-5-9-21(16)27(15)22(28)19-7-3-4-8-20(19)26-17-10-12-18(13-11-17)29-23(24)25/h2-13,15,23,26H,14H2,1H3. The van der Waals surface area contributed by atoms with E-state index in [1.54, 1.807) is 30.3 Å². The zero-order valence-corrected chi connectivity index (χ0v) is 16.6. The molecule has 1 aliphatic rings. The molecule has 0 aromatic heterocycles. The number of para-hydroxylation sites is 2. The maximum Gasteiger partial charge on any atom is 0.288 e. The molecule has 4 rings (SSSR count). The third-order valence-corrected chi connectivity index (χ3v) is 5.66. The molecule has 3 aromatic rings. The molecule has 29 heavy (non-hydrogen) atoms. The lowest BCUT2D eigenvalue weighted by molar-refractivity contribution is 0.0982. The summed E-state index contributed by atoms with van der Waals surface area (Å²) in [5, 5.41) is 3.25. The van der Waals surface area contributed by atoms with Crippen molar-refractivity contribution in [3.63, 3.8) is 0 Å². The Morgan fingerprint density at radius 2 is 1.72 bits per heavy atom. The fourth-order valence-corrected chi connectivity index (χ4v) is 4.16. The molecular formula is C23H20F2N2OS. The van der Waals surface area contributed by atoms with Gasteiger partial charge in [-0.05, 0) is 61.4 Å². The number of nitrogens with one attached hydrogen (secondary N) is 1. The van der Waals surface area contributed by atoms with Gasteiger partial charge in [-0.25, -0.2) is 0 Å². The predicted octanol–water partition coefficient (Wildman–Crippen LogP) is 6.34. The lowest BCUT2D eigenvalue weighted by Crippen LogP contribution is -2.36. The summed E-state index contributed by atoms with van der Waals surface area (Å²) in [5.74, 6) is -2.51. The Labute approximate surface area is 172 Å². The van der Waals surface area contributed by atoms with E-state index in [0.29, 0.717) is 27.9 Å². The van der Waals surface area contributed by atoms with Gasteiger partial charge < -0.3 is 10.2 Å². The summed E-state index contributed by atoms with van der Waals surface area (Å²) in [5.41, 5.74) is 4.11. The second-order valence-electron chi connectivity index (χ2n) is 6.93. The first-order chi connectivity index (χ1) is 14.0. The van der Waals surface area contributed by atoms with Crippen molar-refractivity contribution in [3.05, 3.63) is 83.9 Å². The van der Waals surface area contributed by atoms with Crippen LogP contribution in [0.1, 0.15) is 22.8 Å². The van der Waals surface area contributed by atoms with E-state index in [1.165, 1.54) is 5.56 Å². The Balaban J connectivity index is 1.60. The van der Waals surface area contributed by atoms with Gasteiger partial charge in [0.15, 0.2) is 0 Å². The molecule has 1 unspecified atom stereocenters. The first kappa shape index (κ1) is 19.5. The van der Waals surface area contributed by atoms with Crippen molar-refractivity contribution in [3.8, 4) is 0 Å². The van der Waals surface area contributed by atoms with Crippen molar-refractivity contribution >= 4 is 34.7 Å². The molecule has 3 nitrogen and oxygen atoms in total. The molecule has 1 atom stereocenters. The number of thioether (sulfide) groups is 1. The van der Waals surface area contributed by atoms with E-state index >= 15 is 0 Å². The molecule has 0 fully saturated rings. The van der Waals surface area contributed by atoms with Crippen LogP contribution in [-0.4, -0.2) is 17.7 Å². The minimum Gasteiger partial charge on any atom is -0.355 e. The number of nitrogens with zero attached hydrogens (tertiary/aromatic N) is 1. The minimum absolute atomic E-state index is 0.0598. The predicted molar refractivity (Wildman–Crippen MR) is 114 cm³/mol. The van der Waals surface area contributed by atoms with Crippen molar-refractivity contribution in [2.45, 2.75) is 30.0 Å². The summed E-state index contributed by atoms with van der Waals surface area (Å²) in [6, 6.07) is 22.2. The number of hydrogen-bond acceptors (Lipinski definition) is 3. The van der Waals surface area contributed by atoms with Crippen LogP contribution in [0.15, 0.2) is 77.7 Å². The van der Waals surface area contributed by atoms with Gasteiger partial charge >= 0.3 is 0 Å². The average Bonchev–Trinajstić information content (AvgIpc) is 3.04. The van der Waals surface area contributed by atoms with Crippen molar-refractivity contribution < 1.29 is 13.6 Å². The van der Waals surface area contributed by atoms with Gasteiger partial charge in [0.05, 0.1) is 11.3 Å². The van der Waals surface area contributed by atoms with Crippen LogP contribution in [0.5, 0.6) is 0 Å². The third kappa shape index (κ3) is 4.12. The van der Waals surface area contributed by atoms with E-state index in [4.69, 9.17) is 0 Å². The normalized spacial score (nSPS) is 15.4. The largest absolute Gasteiger partial charge is 0.355 e. The van der Waals surface area contributed by atoms with Gasteiger partial charge in [0.25, 0.3) is 11.7 Å². The molecule has 0 saturated heterocycles. The first-order valence-corrected chi connectivity index (χ1v) is 10.2. The fraction of sp³-hybridized carbons (Fsp3) is 0.174. The highest BCUT2D eigenvalue weighted by molar-refractivity contribution is 7.99. The van der Waals surface area contributed by atoms with Gasteiger partial charge in [-0.1, -0.05) is 42.1 Å². The molecule has 0 bridgehead atoms. The van der Waals surface area contributed by atoms with Gasteiger partial charge in [-0.15, -0.1) is 0 Å². The number of carbonyl (C=O) groups excluding carboxylic acids is 1. The van der Waals surface area contributed by atoms with Gasteiger partial charge in [-0.2, -0.15) is 8.78 Å². The summed E-state index contributed by atoms with van der Waals surface area (Å²) in [6.07, 6.45) is 0.834. The van der Waals surface area contributed by atoms with Gasteiger partial charge in [0.2, 0.25) is 0 Å². The van der Waals surface area contributed by atoms with Crippen molar-refractivity contribution in [1.82, 2.24) is 0 Å². The van der Waals surface area contributed by atoms with E-state index in [9.17, 15) is 13.6 Å². The Kier molecular flexibility index (Phi) is 5.53. The van der Waals surface area contributed by atoms with Crippen LogP contribution >= 0.6 is 11.8 Å². The van der Waals surface area contributed by atoms with Crippen LogP contribution < -0.4 is 10.2 Å². The molecule has 6 heteroatoms. The molecule has 1 N–H and O–H groups in total. The minimum atomic E-state index is -2.45. The highest BCUT2D eigenvalue weighted by Gasteiger charge is 2.32.